The van der Waals surface area contributed by atoms with Crippen molar-refractivity contribution >= 4 is 15.9 Å². The molecule has 4 heteroatoms. The Morgan fingerprint density at radius 2 is 1.79 bits per heavy atom. The molecule has 0 unspecified atom stereocenters. The Kier molecular flexibility index (Phi) is 2.58. The summed E-state index contributed by atoms with van der Waals surface area (Å²) < 4.78 is 27.2. The van der Waals surface area contributed by atoms with E-state index in [9.17, 15) is 8.78 Å². The minimum absolute atomic E-state index is 0.0238. The monoisotopic (exact) mass is 261 g/mol. The second-order valence-corrected chi connectivity index (χ2v) is 4.56. The standard InChI is InChI=1S/C10H10BrF2N/c11-6-3-7(12)9(8(13)4-6)10(14)5-1-2-5/h3-5,10H,1-2,14H2/t10-/m1/s1. The van der Waals surface area contributed by atoms with E-state index >= 15 is 0 Å². The quantitative estimate of drug-likeness (QED) is 0.870. The fourth-order valence-corrected chi connectivity index (χ4v) is 1.96. The van der Waals surface area contributed by atoms with E-state index < -0.39 is 17.7 Å². The van der Waals surface area contributed by atoms with Gasteiger partial charge in [-0.3, -0.25) is 0 Å². The molecule has 1 saturated carbocycles. The second-order valence-electron chi connectivity index (χ2n) is 3.65. The van der Waals surface area contributed by atoms with E-state index in [1.807, 2.05) is 0 Å². The van der Waals surface area contributed by atoms with Gasteiger partial charge in [0, 0.05) is 16.1 Å². The molecule has 1 aromatic carbocycles. The maximum atomic E-state index is 13.4. The van der Waals surface area contributed by atoms with Crippen LogP contribution in [0.2, 0.25) is 0 Å². The lowest BCUT2D eigenvalue weighted by molar-refractivity contribution is 0.502. The van der Waals surface area contributed by atoms with E-state index in [1.165, 1.54) is 12.1 Å². The summed E-state index contributed by atoms with van der Waals surface area (Å²) >= 11 is 3.03. The molecule has 14 heavy (non-hydrogen) atoms. The zero-order valence-electron chi connectivity index (χ0n) is 7.43. The van der Waals surface area contributed by atoms with Crippen LogP contribution >= 0.6 is 15.9 Å². The fourth-order valence-electron chi connectivity index (χ4n) is 1.56. The van der Waals surface area contributed by atoms with Gasteiger partial charge in [0.05, 0.1) is 0 Å². The predicted molar refractivity (Wildman–Crippen MR) is 53.7 cm³/mol. The van der Waals surface area contributed by atoms with Gasteiger partial charge in [-0.05, 0) is 30.9 Å². The van der Waals surface area contributed by atoms with E-state index in [4.69, 9.17) is 5.73 Å². The first-order valence-electron chi connectivity index (χ1n) is 4.49. The minimum Gasteiger partial charge on any atom is -0.324 e. The molecule has 0 aliphatic heterocycles. The highest BCUT2D eigenvalue weighted by atomic mass is 79.9. The van der Waals surface area contributed by atoms with Crippen molar-refractivity contribution in [1.29, 1.82) is 0 Å². The summed E-state index contributed by atoms with van der Waals surface area (Å²) in [6, 6.07) is 2.00. The molecule has 76 valence electrons. The Bertz CT molecular complexity index is 340. The van der Waals surface area contributed by atoms with Gasteiger partial charge in [0.25, 0.3) is 0 Å². The number of rotatable bonds is 2. The van der Waals surface area contributed by atoms with Crippen LogP contribution in [0, 0.1) is 17.6 Å². The van der Waals surface area contributed by atoms with Crippen LogP contribution in [0.1, 0.15) is 24.4 Å². The summed E-state index contributed by atoms with van der Waals surface area (Å²) in [5.41, 5.74) is 5.78. The van der Waals surface area contributed by atoms with Crippen LogP contribution in [0.4, 0.5) is 8.78 Å². The molecule has 0 aromatic heterocycles. The van der Waals surface area contributed by atoms with Crippen LogP contribution in [0.15, 0.2) is 16.6 Å². The molecular weight excluding hydrogens is 252 g/mol. The third kappa shape index (κ3) is 1.81. The molecule has 0 spiro atoms. The Morgan fingerprint density at radius 3 is 2.21 bits per heavy atom. The molecular formula is C10H10BrF2N. The molecule has 1 fully saturated rings. The first kappa shape index (κ1) is 10.1. The van der Waals surface area contributed by atoms with Gasteiger partial charge in [0.1, 0.15) is 11.6 Å². The summed E-state index contributed by atoms with van der Waals surface area (Å²) in [5.74, 6) is -0.868. The van der Waals surface area contributed by atoms with E-state index in [0.717, 1.165) is 12.8 Å². The maximum Gasteiger partial charge on any atom is 0.132 e. The van der Waals surface area contributed by atoms with Crippen molar-refractivity contribution in [2.45, 2.75) is 18.9 Å². The molecule has 1 aliphatic carbocycles. The highest BCUT2D eigenvalue weighted by Gasteiger charge is 2.32. The van der Waals surface area contributed by atoms with Crippen LogP contribution in [0.3, 0.4) is 0 Å². The molecule has 0 radical (unpaired) electrons. The maximum absolute atomic E-state index is 13.4. The average Bonchev–Trinajstić information content (AvgIpc) is 2.83. The predicted octanol–water partition coefficient (Wildman–Crippen LogP) is 3.14. The summed E-state index contributed by atoms with van der Waals surface area (Å²) in [6.45, 7) is 0. The van der Waals surface area contributed by atoms with Crippen molar-refractivity contribution in [3.8, 4) is 0 Å². The van der Waals surface area contributed by atoms with Crippen molar-refractivity contribution in [2.24, 2.45) is 11.7 Å². The van der Waals surface area contributed by atoms with Crippen molar-refractivity contribution < 1.29 is 8.78 Å². The molecule has 2 N–H and O–H groups in total. The SMILES string of the molecule is N[C@@H](c1c(F)cc(Br)cc1F)C1CC1. The van der Waals surface area contributed by atoms with Gasteiger partial charge in [0.2, 0.25) is 0 Å². The van der Waals surface area contributed by atoms with Crippen molar-refractivity contribution in [3.63, 3.8) is 0 Å². The van der Waals surface area contributed by atoms with Crippen molar-refractivity contribution in [1.82, 2.24) is 0 Å². The van der Waals surface area contributed by atoms with Crippen LogP contribution in [-0.4, -0.2) is 0 Å². The molecule has 2 rings (SSSR count). The Balaban J connectivity index is 2.40. The van der Waals surface area contributed by atoms with Crippen LogP contribution < -0.4 is 5.73 Å². The molecule has 0 amide bonds. The van der Waals surface area contributed by atoms with Gasteiger partial charge >= 0.3 is 0 Å². The second kappa shape index (κ2) is 3.59. The van der Waals surface area contributed by atoms with E-state index in [2.05, 4.69) is 15.9 Å². The van der Waals surface area contributed by atoms with E-state index in [-0.39, 0.29) is 11.5 Å². The van der Waals surface area contributed by atoms with Gasteiger partial charge in [-0.25, -0.2) is 8.78 Å². The zero-order chi connectivity index (χ0) is 10.3. The lowest BCUT2D eigenvalue weighted by atomic mass is 10.0. The summed E-state index contributed by atoms with van der Waals surface area (Å²) in [6.07, 6.45) is 1.94. The topological polar surface area (TPSA) is 26.0 Å². The van der Waals surface area contributed by atoms with Crippen molar-refractivity contribution in [3.05, 3.63) is 33.8 Å². The Morgan fingerprint density at radius 1 is 1.29 bits per heavy atom. The first-order chi connectivity index (χ1) is 6.59. The summed E-state index contributed by atoms with van der Waals surface area (Å²) in [5, 5.41) is 0. The molecule has 1 atom stereocenters. The molecule has 1 nitrogen and oxygen atoms in total. The number of benzene rings is 1. The molecule has 0 heterocycles. The average molecular weight is 262 g/mol. The zero-order valence-corrected chi connectivity index (χ0v) is 9.02. The van der Waals surface area contributed by atoms with E-state index in [1.54, 1.807) is 0 Å². The first-order valence-corrected chi connectivity index (χ1v) is 5.29. The third-order valence-corrected chi connectivity index (χ3v) is 2.96. The summed E-state index contributed by atoms with van der Waals surface area (Å²) in [7, 11) is 0. The van der Waals surface area contributed by atoms with Crippen LogP contribution in [-0.2, 0) is 0 Å². The number of halogens is 3. The van der Waals surface area contributed by atoms with Crippen molar-refractivity contribution in [2.75, 3.05) is 0 Å². The fraction of sp³-hybridized carbons (Fsp3) is 0.400. The number of nitrogens with two attached hydrogens (primary N) is 1. The lowest BCUT2D eigenvalue weighted by Gasteiger charge is -2.13. The molecule has 0 saturated heterocycles. The Hall–Kier alpha value is -0.480. The largest absolute Gasteiger partial charge is 0.324 e. The molecule has 1 aromatic rings. The molecule has 0 bridgehead atoms. The van der Waals surface area contributed by atoms with Gasteiger partial charge in [0.15, 0.2) is 0 Å². The highest BCUT2D eigenvalue weighted by molar-refractivity contribution is 9.10. The third-order valence-electron chi connectivity index (χ3n) is 2.51. The number of hydrogen-bond acceptors (Lipinski definition) is 1. The van der Waals surface area contributed by atoms with Gasteiger partial charge in [-0.15, -0.1) is 0 Å². The van der Waals surface area contributed by atoms with Crippen LogP contribution in [0.25, 0.3) is 0 Å². The minimum atomic E-state index is -0.559. The van der Waals surface area contributed by atoms with Gasteiger partial charge in [-0.1, -0.05) is 15.9 Å². The smallest absolute Gasteiger partial charge is 0.132 e. The lowest BCUT2D eigenvalue weighted by Crippen LogP contribution is -2.16. The normalized spacial score (nSPS) is 18.3. The Labute approximate surface area is 89.4 Å². The van der Waals surface area contributed by atoms with Gasteiger partial charge in [-0.2, -0.15) is 0 Å². The number of hydrogen-bond donors (Lipinski definition) is 1. The molecule has 1 aliphatic rings. The summed E-state index contributed by atoms with van der Waals surface area (Å²) in [4.78, 5) is 0. The van der Waals surface area contributed by atoms with Crippen LogP contribution in [0.5, 0.6) is 0 Å². The van der Waals surface area contributed by atoms with Gasteiger partial charge < -0.3 is 5.73 Å². The highest BCUT2D eigenvalue weighted by Crippen LogP contribution is 2.41. The van der Waals surface area contributed by atoms with E-state index in [0.29, 0.717) is 4.47 Å².